The highest BCUT2D eigenvalue weighted by atomic mass is 16.3. The molecule has 0 spiro atoms. The zero-order valence-electron chi connectivity index (χ0n) is 20.6. The summed E-state index contributed by atoms with van der Waals surface area (Å²) in [4.78, 5) is 0. The standard InChI is InChI=1S/C34H30O2/c1-33(35,31-22-11-9-20-29(31)25-14-5-3-6-15-25)27-18-13-19-28(24-27)34(2,36)32-23-12-10-21-30(32)26-16-7-4-8-17-26/h3-24,35-36H,1-2H3. The molecule has 0 aliphatic rings. The quantitative estimate of drug-likeness (QED) is 0.269. The van der Waals surface area contributed by atoms with Crippen LogP contribution in [-0.2, 0) is 11.2 Å². The van der Waals surface area contributed by atoms with Crippen molar-refractivity contribution < 1.29 is 10.2 Å². The number of hydrogen-bond donors (Lipinski definition) is 2. The second kappa shape index (κ2) is 9.58. The molecule has 0 saturated carbocycles. The van der Waals surface area contributed by atoms with Crippen LogP contribution < -0.4 is 0 Å². The Kier molecular flexibility index (Phi) is 6.32. The summed E-state index contributed by atoms with van der Waals surface area (Å²) in [6.45, 7) is 3.64. The maximum absolute atomic E-state index is 11.9. The second-order valence-corrected chi connectivity index (χ2v) is 9.55. The largest absolute Gasteiger partial charge is 0.381 e. The molecule has 2 nitrogen and oxygen atoms in total. The van der Waals surface area contributed by atoms with Crippen molar-refractivity contribution in [3.8, 4) is 22.3 Å². The fraction of sp³-hybridized carbons (Fsp3) is 0.118. The van der Waals surface area contributed by atoms with Crippen molar-refractivity contribution in [3.05, 3.63) is 156 Å². The number of benzene rings is 5. The minimum absolute atomic E-state index is 0.723. The normalized spacial score (nSPS) is 14.6. The Morgan fingerprint density at radius 1 is 0.417 bits per heavy atom. The molecule has 0 radical (unpaired) electrons. The molecule has 2 heteroatoms. The first-order valence-electron chi connectivity index (χ1n) is 12.2. The summed E-state index contributed by atoms with van der Waals surface area (Å²) in [5, 5.41) is 23.8. The second-order valence-electron chi connectivity index (χ2n) is 9.55. The van der Waals surface area contributed by atoms with Crippen molar-refractivity contribution in [1.29, 1.82) is 0 Å². The van der Waals surface area contributed by atoms with Crippen LogP contribution >= 0.6 is 0 Å². The van der Waals surface area contributed by atoms with Crippen LogP contribution in [0.25, 0.3) is 22.3 Å². The van der Waals surface area contributed by atoms with E-state index < -0.39 is 11.2 Å². The van der Waals surface area contributed by atoms with Crippen molar-refractivity contribution in [3.63, 3.8) is 0 Å². The van der Waals surface area contributed by atoms with Gasteiger partial charge in [0, 0.05) is 0 Å². The van der Waals surface area contributed by atoms with E-state index in [2.05, 4.69) is 24.3 Å². The van der Waals surface area contributed by atoms with Gasteiger partial charge in [0.15, 0.2) is 0 Å². The molecule has 0 bridgehead atoms. The lowest BCUT2D eigenvalue weighted by molar-refractivity contribution is 0.0959. The molecule has 5 aromatic carbocycles. The van der Waals surface area contributed by atoms with Crippen LogP contribution in [0.15, 0.2) is 133 Å². The molecule has 5 rings (SSSR count). The first kappa shape index (κ1) is 23.7. The van der Waals surface area contributed by atoms with Crippen LogP contribution in [0.4, 0.5) is 0 Å². The fourth-order valence-corrected chi connectivity index (χ4v) is 4.99. The van der Waals surface area contributed by atoms with Gasteiger partial charge in [-0.1, -0.05) is 127 Å². The molecule has 0 amide bonds. The van der Waals surface area contributed by atoms with E-state index in [1.807, 2.05) is 123 Å². The zero-order valence-corrected chi connectivity index (χ0v) is 20.6. The number of aliphatic hydroxyl groups is 2. The van der Waals surface area contributed by atoms with Gasteiger partial charge in [0.1, 0.15) is 11.2 Å². The summed E-state index contributed by atoms with van der Waals surface area (Å²) in [6, 6.07) is 43.8. The molecule has 2 atom stereocenters. The van der Waals surface area contributed by atoms with Crippen LogP contribution in [0.3, 0.4) is 0 Å². The average Bonchev–Trinajstić information content (AvgIpc) is 2.94. The van der Waals surface area contributed by atoms with Crippen LogP contribution in [-0.4, -0.2) is 10.2 Å². The lowest BCUT2D eigenvalue weighted by atomic mass is 9.79. The molecule has 2 N–H and O–H groups in total. The minimum atomic E-state index is -1.27. The Hall–Kier alpha value is -3.98. The third-order valence-electron chi connectivity index (χ3n) is 7.06. The van der Waals surface area contributed by atoms with E-state index in [4.69, 9.17) is 0 Å². The highest BCUT2D eigenvalue weighted by Gasteiger charge is 2.33. The highest BCUT2D eigenvalue weighted by Crippen LogP contribution is 2.40. The molecule has 178 valence electrons. The van der Waals surface area contributed by atoms with Crippen molar-refractivity contribution in [1.82, 2.24) is 0 Å². The van der Waals surface area contributed by atoms with E-state index in [0.717, 1.165) is 44.5 Å². The highest BCUT2D eigenvalue weighted by molar-refractivity contribution is 5.71. The molecule has 2 unspecified atom stereocenters. The lowest BCUT2D eigenvalue weighted by Gasteiger charge is -2.31. The third kappa shape index (κ3) is 4.37. The summed E-state index contributed by atoms with van der Waals surface area (Å²) in [6.07, 6.45) is 0. The molecule has 36 heavy (non-hydrogen) atoms. The summed E-state index contributed by atoms with van der Waals surface area (Å²) >= 11 is 0. The van der Waals surface area contributed by atoms with Crippen molar-refractivity contribution >= 4 is 0 Å². The van der Waals surface area contributed by atoms with E-state index in [0.29, 0.717) is 0 Å². The van der Waals surface area contributed by atoms with Gasteiger partial charge in [0.2, 0.25) is 0 Å². The first-order chi connectivity index (χ1) is 17.4. The van der Waals surface area contributed by atoms with Gasteiger partial charge in [-0.15, -0.1) is 0 Å². The predicted octanol–water partition coefficient (Wildman–Crippen LogP) is 7.53. The molecular formula is C34H30O2. The molecule has 0 fully saturated rings. The number of hydrogen-bond acceptors (Lipinski definition) is 2. The van der Waals surface area contributed by atoms with E-state index >= 15 is 0 Å². The van der Waals surface area contributed by atoms with E-state index in [9.17, 15) is 10.2 Å². The van der Waals surface area contributed by atoms with Gasteiger partial charge < -0.3 is 10.2 Å². The van der Waals surface area contributed by atoms with Gasteiger partial charge in [-0.2, -0.15) is 0 Å². The maximum atomic E-state index is 11.9. The van der Waals surface area contributed by atoms with E-state index in [-0.39, 0.29) is 0 Å². The predicted molar refractivity (Wildman–Crippen MR) is 148 cm³/mol. The molecule has 5 aromatic rings. The van der Waals surface area contributed by atoms with Gasteiger partial charge in [-0.25, -0.2) is 0 Å². The Morgan fingerprint density at radius 3 is 1.19 bits per heavy atom. The smallest absolute Gasteiger partial charge is 0.112 e. The SMILES string of the molecule is CC(O)(c1cccc(C(C)(O)c2ccccc2-c2ccccc2)c1)c1ccccc1-c1ccccc1. The molecular weight excluding hydrogens is 440 g/mol. The van der Waals surface area contributed by atoms with Crippen LogP contribution in [0.5, 0.6) is 0 Å². The Bertz CT molecular complexity index is 1360. The van der Waals surface area contributed by atoms with Crippen LogP contribution in [0.2, 0.25) is 0 Å². The zero-order chi connectivity index (χ0) is 25.2. The lowest BCUT2D eigenvalue weighted by Crippen LogP contribution is -2.27. The molecule has 0 aromatic heterocycles. The first-order valence-corrected chi connectivity index (χ1v) is 12.2. The van der Waals surface area contributed by atoms with Crippen LogP contribution in [0, 0.1) is 0 Å². The summed E-state index contributed by atoms with van der Waals surface area (Å²) in [5.74, 6) is 0. The average molecular weight is 471 g/mol. The van der Waals surface area contributed by atoms with Gasteiger partial charge in [-0.05, 0) is 64.4 Å². The Labute approximate surface area is 213 Å². The summed E-state index contributed by atoms with van der Waals surface area (Å²) in [5.41, 5.74) is 4.61. The third-order valence-corrected chi connectivity index (χ3v) is 7.06. The fourth-order valence-electron chi connectivity index (χ4n) is 4.99. The maximum Gasteiger partial charge on any atom is 0.112 e. The summed E-state index contributed by atoms with van der Waals surface area (Å²) < 4.78 is 0. The van der Waals surface area contributed by atoms with Crippen LogP contribution in [0.1, 0.15) is 36.1 Å². The van der Waals surface area contributed by atoms with E-state index in [1.54, 1.807) is 0 Å². The Morgan fingerprint density at radius 2 is 0.778 bits per heavy atom. The Balaban J connectivity index is 1.59. The van der Waals surface area contributed by atoms with Crippen molar-refractivity contribution in [2.45, 2.75) is 25.0 Å². The minimum Gasteiger partial charge on any atom is -0.381 e. The van der Waals surface area contributed by atoms with Crippen molar-refractivity contribution in [2.24, 2.45) is 0 Å². The van der Waals surface area contributed by atoms with Gasteiger partial charge in [-0.3, -0.25) is 0 Å². The molecule has 0 aliphatic heterocycles. The van der Waals surface area contributed by atoms with Gasteiger partial charge in [0.25, 0.3) is 0 Å². The van der Waals surface area contributed by atoms with E-state index in [1.165, 1.54) is 0 Å². The number of rotatable bonds is 6. The summed E-state index contributed by atoms with van der Waals surface area (Å²) in [7, 11) is 0. The van der Waals surface area contributed by atoms with Crippen molar-refractivity contribution in [2.75, 3.05) is 0 Å². The molecule has 0 aliphatic carbocycles. The molecule has 0 saturated heterocycles. The van der Waals surface area contributed by atoms with Gasteiger partial charge >= 0.3 is 0 Å². The van der Waals surface area contributed by atoms with Gasteiger partial charge in [0.05, 0.1) is 0 Å². The topological polar surface area (TPSA) is 40.5 Å². The monoisotopic (exact) mass is 470 g/mol. The molecule has 0 heterocycles.